The molecular formula is C33H43N5O6S2. The maximum atomic E-state index is 13.7. The molecule has 0 radical (unpaired) electrons. The first-order chi connectivity index (χ1) is 21.8. The van der Waals surface area contributed by atoms with Gasteiger partial charge in [0.1, 0.15) is 5.60 Å². The summed E-state index contributed by atoms with van der Waals surface area (Å²) >= 11 is 1.54. The van der Waals surface area contributed by atoms with E-state index in [1.165, 1.54) is 16.0 Å². The van der Waals surface area contributed by atoms with Gasteiger partial charge in [0.15, 0.2) is 15.7 Å². The lowest BCUT2D eigenvalue weighted by molar-refractivity contribution is 0.0509. The number of carbonyl (C=O) groups is 2. The number of sulfone groups is 1. The lowest BCUT2D eigenvalue weighted by atomic mass is 9.86. The van der Waals surface area contributed by atoms with Crippen LogP contribution in [0.3, 0.4) is 0 Å². The van der Waals surface area contributed by atoms with Crippen LogP contribution in [0.5, 0.6) is 0 Å². The Morgan fingerprint density at radius 2 is 1.70 bits per heavy atom. The van der Waals surface area contributed by atoms with Crippen LogP contribution in [0.25, 0.3) is 10.4 Å². The smallest absolute Gasteiger partial charge is 0.435 e. The number of hydrogen-bond donors (Lipinski definition) is 2. The van der Waals surface area contributed by atoms with Crippen LogP contribution < -0.4 is 10.6 Å². The van der Waals surface area contributed by atoms with Crippen LogP contribution in [0.1, 0.15) is 109 Å². The summed E-state index contributed by atoms with van der Waals surface area (Å²) in [6, 6.07) is 7.28. The number of anilines is 2. The number of amides is 1. The van der Waals surface area contributed by atoms with E-state index in [1.54, 1.807) is 12.3 Å². The molecule has 1 aromatic carbocycles. The normalized spacial score (nSPS) is 20.4. The van der Waals surface area contributed by atoms with Gasteiger partial charge in [-0.05, 0) is 98.1 Å². The summed E-state index contributed by atoms with van der Waals surface area (Å²) in [6.45, 7) is 9.11. The minimum atomic E-state index is -3.56. The fraction of sp³-hybridized carbons (Fsp3) is 0.576. The Hall–Kier alpha value is -3.45. The number of hydrogen-bond acceptors (Lipinski definition) is 10. The van der Waals surface area contributed by atoms with Gasteiger partial charge < -0.3 is 20.1 Å². The van der Waals surface area contributed by atoms with Gasteiger partial charge >= 0.3 is 12.2 Å². The molecule has 0 unspecified atom stereocenters. The number of benzene rings is 1. The van der Waals surface area contributed by atoms with E-state index in [1.807, 2.05) is 52.8 Å². The lowest BCUT2D eigenvalue weighted by Gasteiger charge is -2.28. The molecule has 0 saturated heterocycles. The Bertz CT molecular complexity index is 1710. The average Bonchev–Trinajstić information content (AvgIpc) is 3.91. The molecule has 13 heteroatoms. The highest BCUT2D eigenvalue weighted by Gasteiger charge is 2.39. The van der Waals surface area contributed by atoms with E-state index in [4.69, 9.17) is 14.5 Å². The number of thiazole rings is 1. The number of ether oxygens (including phenoxy) is 2. The topological polar surface area (TPSA) is 142 Å². The first kappa shape index (κ1) is 32.5. The van der Waals surface area contributed by atoms with Gasteiger partial charge in [0.25, 0.3) is 0 Å². The molecule has 46 heavy (non-hydrogen) atoms. The highest BCUT2D eigenvalue weighted by Crippen LogP contribution is 2.44. The minimum Gasteiger partial charge on any atom is -0.447 e. The summed E-state index contributed by atoms with van der Waals surface area (Å²) < 4.78 is 39.5. The second-order valence-corrected chi connectivity index (χ2v) is 17.2. The summed E-state index contributed by atoms with van der Waals surface area (Å²) in [7, 11) is -3.56. The van der Waals surface area contributed by atoms with Crippen molar-refractivity contribution < 1.29 is 27.5 Å². The fourth-order valence-electron chi connectivity index (χ4n) is 5.82. The Morgan fingerprint density at radius 1 is 1.00 bits per heavy atom. The van der Waals surface area contributed by atoms with Gasteiger partial charge in [-0.25, -0.2) is 23.0 Å². The Balaban J connectivity index is 1.21. The van der Waals surface area contributed by atoms with Crippen molar-refractivity contribution in [1.82, 2.24) is 20.1 Å². The predicted octanol–water partition coefficient (Wildman–Crippen LogP) is 7.51. The lowest BCUT2D eigenvalue weighted by Crippen LogP contribution is -2.38. The SMILES string of the molecule is CC(C)OC(=O)N[C@H]1CC[C@H](c2ncc(-c3ccc(Nc4cc(C5CC5)n(C(=O)OC(C)(C)C)n4)cc3S(=O)(=O)C3CC3)s2)CC1. The van der Waals surface area contributed by atoms with Crippen molar-refractivity contribution in [3.8, 4) is 10.4 Å². The molecule has 11 nitrogen and oxygen atoms in total. The van der Waals surface area contributed by atoms with Crippen LogP contribution in [0.4, 0.5) is 21.1 Å². The van der Waals surface area contributed by atoms with Crippen LogP contribution in [-0.4, -0.2) is 58.4 Å². The third-order valence-corrected chi connectivity index (χ3v) is 11.8. The summed E-state index contributed by atoms with van der Waals surface area (Å²) in [5.74, 6) is 0.956. The van der Waals surface area contributed by atoms with Gasteiger partial charge in [-0.3, -0.25) is 0 Å². The molecule has 0 atom stereocenters. The largest absolute Gasteiger partial charge is 0.447 e. The Morgan fingerprint density at radius 3 is 2.33 bits per heavy atom. The molecule has 0 bridgehead atoms. The van der Waals surface area contributed by atoms with Crippen molar-refractivity contribution in [2.75, 3.05) is 5.32 Å². The molecular weight excluding hydrogens is 627 g/mol. The molecule has 0 spiro atoms. The van der Waals surface area contributed by atoms with E-state index < -0.39 is 21.5 Å². The van der Waals surface area contributed by atoms with E-state index in [9.17, 15) is 18.0 Å². The van der Waals surface area contributed by atoms with Gasteiger partial charge in [-0.1, -0.05) is 6.07 Å². The zero-order valence-corrected chi connectivity index (χ0v) is 28.7. The van der Waals surface area contributed by atoms with Crippen LogP contribution in [-0.2, 0) is 19.3 Å². The van der Waals surface area contributed by atoms with E-state index in [-0.39, 0.29) is 40.2 Å². The van der Waals surface area contributed by atoms with Gasteiger partial charge in [0.2, 0.25) is 0 Å². The molecule has 6 rings (SSSR count). The van der Waals surface area contributed by atoms with Crippen molar-refractivity contribution in [1.29, 1.82) is 0 Å². The van der Waals surface area contributed by atoms with Crippen molar-refractivity contribution in [2.24, 2.45) is 0 Å². The maximum absolute atomic E-state index is 13.7. The number of alkyl carbamates (subject to hydrolysis) is 1. The average molecular weight is 670 g/mol. The molecule has 3 saturated carbocycles. The summed E-state index contributed by atoms with van der Waals surface area (Å²) in [5, 5.41) is 11.3. The summed E-state index contributed by atoms with van der Waals surface area (Å²) in [5.41, 5.74) is 1.35. The van der Waals surface area contributed by atoms with E-state index in [0.717, 1.165) is 54.1 Å². The van der Waals surface area contributed by atoms with Crippen LogP contribution >= 0.6 is 11.3 Å². The van der Waals surface area contributed by atoms with E-state index in [0.29, 0.717) is 29.9 Å². The van der Waals surface area contributed by atoms with Crippen molar-refractivity contribution in [3.05, 3.63) is 41.2 Å². The van der Waals surface area contributed by atoms with E-state index in [2.05, 4.69) is 15.7 Å². The first-order valence-corrected chi connectivity index (χ1v) is 18.5. The molecule has 2 aromatic heterocycles. The van der Waals surface area contributed by atoms with Gasteiger partial charge in [0.05, 0.1) is 31.8 Å². The highest BCUT2D eigenvalue weighted by atomic mass is 32.2. The summed E-state index contributed by atoms with van der Waals surface area (Å²) in [6.07, 6.45) is 7.41. The number of rotatable bonds is 9. The molecule has 248 valence electrons. The quantitative estimate of drug-likeness (QED) is 0.237. The van der Waals surface area contributed by atoms with Gasteiger partial charge in [-0.15, -0.1) is 16.4 Å². The maximum Gasteiger partial charge on any atom is 0.435 e. The van der Waals surface area contributed by atoms with Gasteiger partial charge in [0, 0.05) is 41.4 Å². The second-order valence-electron chi connectivity index (χ2n) is 13.9. The number of aromatic nitrogens is 3. The fourth-order valence-corrected chi connectivity index (χ4v) is 8.91. The minimum absolute atomic E-state index is 0.0770. The predicted molar refractivity (Wildman–Crippen MR) is 177 cm³/mol. The molecule has 3 fully saturated rings. The molecule has 2 N–H and O–H groups in total. The number of carbonyl (C=O) groups excluding carboxylic acids is 2. The first-order valence-electron chi connectivity index (χ1n) is 16.2. The molecule has 3 aliphatic carbocycles. The third kappa shape index (κ3) is 7.57. The second kappa shape index (κ2) is 12.6. The molecule has 3 aromatic rings. The van der Waals surface area contributed by atoms with E-state index >= 15 is 0 Å². The Kier molecular flexibility index (Phi) is 8.92. The molecule has 0 aliphatic heterocycles. The highest BCUT2D eigenvalue weighted by molar-refractivity contribution is 7.92. The van der Waals surface area contributed by atoms with Gasteiger partial charge in [-0.2, -0.15) is 4.68 Å². The molecule has 3 aliphatic rings. The van der Waals surface area contributed by atoms with Crippen molar-refractivity contribution in [3.63, 3.8) is 0 Å². The van der Waals surface area contributed by atoms with Crippen LogP contribution in [0.2, 0.25) is 0 Å². The standard InChI is InChI=1S/C33H43N5O6S2/c1-19(2)43-31(39)36-22-10-8-21(9-11-22)30-34-18-27(45-30)25-15-12-23(16-28(25)46(41,42)24-13-14-24)35-29-17-26(20-6-7-20)38(37-29)32(40)44-33(3,4)5/h12,15-22,24H,6-11,13-14H2,1-5H3,(H,35,37)(H,36,39)/t21-,22-. The van der Waals surface area contributed by atoms with Crippen molar-refractivity contribution >= 4 is 44.9 Å². The van der Waals surface area contributed by atoms with Crippen molar-refractivity contribution in [2.45, 2.75) is 126 Å². The molecule has 1 amide bonds. The summed E-state index contributed by atoms with van der Waals surface area (Å²) in [4.78, 5) is 30.7. The zero-order chi connectivity index (χ0) is 32.8. The third-order valence-electron chi connectivity index (χ3n) is 8.35. The number of nitrogens with one attached hydrogen (secondary N) is 2. The monoisotopic (exact) mass is 669 g/mol. The number of nitrogens with zero attached hydrogens (tertiary/aromatic N) is 3. The van der Waals surface area contributed by atoms with Crippen LogP contribution in [0, 0.1) is 0 Å². The Labute approximate surface area is 274 Å². The molecule has 2 heterocycles. The van der Waals surface area contributed by atoms with Crippen LogP contribution in [0.15, 0.2) is 35.4 Å². The zero-order valence-electron chi connectivity index (χ0n) is 27.0.